The lowest BCUT2D eigenvalue weighted by Gasteiger charge is -2.10. The molecule has 0 unspecified atom stereocenters. The first-order chi connectivity index (χ1) is 9.01. The smallest absolute Gasteiger partial charge is 0.145 e. The van der Waals surface area contributed by atoms with Crippen molar-refractivity contribution in [1.29, 1.82) is 5.26 Å². The van der Waals surface area contributed by atoms with Gasteiger partial charge in [-0.3, -0.25) is 0 Å². The Labute approximate surface area is 121 Å². The number of hydrogen-bond donors (Lipinski definition) is 0. The predicted octanol–water partition coefficient (Wildman–Crippen LogP) is 5.04. The minimum absolute atomic E-state index is 0.0160. The van der Waals surface area contributed by atoms with E-state index in [9.17, 15) is 8.78 Å². The third-order valence-corrected chi connectivity index (χ3v) is 3.17. The van der Waals surface area contributed by atoms with Crippen LogP contribution in [-0.2, 0) is 0 Å². The summed E-state index contributed by atoms with van der Waals surface area (Å²) < 4.78 is 32.1. The zero-order valence-electron chi connectivity index (χ0n) is 9.25. The zero-order chi connectivity index (χ0) is 14.0. The van der Waals surface area contributed by atoms with Crippen molar-refractivity contribution >= 4 is 27.5 Å². The van der Waals surface area contributed by atoms with Crippen molar-refractivity contribution in [1.82, 2.24) is 0 Å². The molecule has 2 aromatic carbocycles. The first-order valence-corrected chi connectivity index (χ1v) is 6.20. The van der Waals surface area contributed by atoms with Gasteiger partial charge >= 0.3 is 0 Å². The molecule has 0 bridgehead atoms. The highest BCUT2D eigenvalue weighted by Gasteiger charge is 2.11. The monoisotopic (exact) mass is 343 g/mol. The van der Waals surface area contributed by atoms with Crippen LogP contribution in [0.15, 0.2) is 34.8 Å². The molecule has 0 atom stereocenters. The van der Waals surface area contributed by atoms with Crippen LogP contribution in [0.1, 0.15) is 5.56 Å². The molecule has 0 aliphatic rings. The number of ether oxygens (including phenoxy) is 1. The van der Waals surface area contributed by atoms with Crippen LogP contribution in [0.3, 0.4) is 0 Å². The van der Waals surface area contributed by atoms with Gasteiger partial charge in [-0.05, 0) is 40.2 Å². The van der Waals surface area contributed by atoms with Crippen LogP contribution in [0.5, 0.6) is 11.5 Å². The summed E-state index contributed by atoms with van der Waals surface area (Å²) in [5.74, 6) is -0.929. The summed E-state index contributed by atoms with van der Waals surface area (Å²) >= 11 is 8.77. The molecular formula is C13H5BrClF2NO. The second-order valence-corrected chi connectivity index (χ2v) is 4.81. The van der Waals surface area contributed by atoms with Gasteiger partial charge in [0.2, 0.25) is 0 Å². The second kappa shape index (κ2) is 5.55. The van der Waals surface area contributed by atoms with Crippen LogP contribution in [-0.4, -0.2) is 0 Å². The van der Waals surface area contributed by atoms with Gasteiger partial charge in [-0.15, -0.1) is 0 Å². The lowest BCUT2D eigenvalue weighted by molar-refractivity contribution is 0.470. The predicted molar refractivity (Wildman–Crippen MR) is 70.3 cm³/mol. The van der Waals surface area contributed by atoms with Crippen LogP contribution in [0.4, 0.5) is 8.78 Å². The van der Waals surface area contributed by atoms with Gasteiger partial charge in [0.25, 0.3) is 0 Å². The Hall–Kier alpha value is -1.64. The topological polar surface area (TPSA) is 33.0 Å². The highest BCUT2D eigenvalue weighted by Crippen LogP contribution is 2.34. The largest absolute Gasteiger partial charge is 0.455 e. The molecule has 0 heterocycles. The molecule has 0 aliphatic heterocycles. The SMILES string of the molecule is N#Cc1cc(F)ccc1Oc1cc(F)c(Cl)cc1Br. The first-order valence-electron chi connectivity index (χ1n) is 5.03. The minimum atomic E-state index is -0.652. The van der Waals surface area contributed by atoms with Crippen LogP contribution in [0.2, 0.25) is 5.02 Å². The quantitative estimate of drug-likeness (QED) is 0.715. The average Bonchev–Trinajstić information content (AvgIpc) is 2.37. The molecule has 19 heavy (non-hydrogen) atoms. The summed E-state index contributed by atoms with van der Waals surface area (Å²) in [6.07, 6.45) is 0. The Bertz CT molecular complexity index is 685. The van der Waals surface area contributed by atoms with Gasteiger partial charge < -0.3 is 4.74 Å². The molecule has 0 saturated heterocycles. The summed E-state index contributed by atoms with van der Waals surface area (Å²) in [4.78, 5) is 0. The molecule has 2 nitrogen and oxygen atoms in total. The maximum atomic E-state index is 13.4. The lowest BCUT2D eigenvalue weighted by Crippen LogP contribution is -1.91. The van der Waals surface area contributed by atoms with Crippen LogP contribution in [0.25, 0.3) is 0 Å². The maximum Gasteiger partial charge on any atom is 0.145 e. The van der Waals surface area contributed by atoms with E-state index in [-0.39, 0.29) is 22.1 Å². The molecule has 0 amide bonds. The molecule has 0 radical (unpaired) electrons. The molecule has 96 valence electrons. The normalized spacial score (nSPS) is 10.1. The van der Waals surface area contributed by atoms with Gasteiger partial charge in [-0.2, -0.15) is 5.26 Å². The molecule has 6 heteroatoms. The van der Waals surface area contributed by atoms with E-state index in [1.807, 2.05) is 0 Å². The zero-order valence-corrected chi connectivity index (χ0v) is 11.6. The van der Waals surface area contributed by atoms with Gasteiger partial charge in [0.1, 0.15) is 29.2 Å². The van der Waals surface area contributed by atoms with Crippen molar-refractivity contribution in [3.8, 4) is 17.6 Å². The van der Waals surface area contributed by atoms with E-state index < -0.39 is 11.6 Å². The molecule has 0 spiro atoms. The fourth-order valence-electron chi connectivity index (χ4n) is 1.38. The Kier molecular flexibility index (Phi) is 4.03. The first kappa shape index (κ1) is 13.8. The fraction of sp³-hybridized carbons (Fsp3) is 0. The summed E-state index contributed by atoms with van der Waals surface area (Å²) in [5.41, 5.74) is 0.0160. The lowest BCUT2D eigenvalue weighted by atomic mass is 10.2. The minimum Gasteiger partial charge on any atom is -0.455 e. The number of halogens is 4. The van der Waals surface area contributed by atoms with Gasteiger partial charge in [0.15, 0.2) is 0 Å². The van der Waals surface area contributed by atoms with Gasteiger partial charge in [-0.1, -0.05) is 11.6 Å². The molecule has 0 fully saturated rings. The summed E-state index contributed by atoms with van der Waals surface area (Å²) in [7, 11) is 0. The van der Waals surface area contributed by atoms with Crippen LogP contribution in [0, 0.1) is 23.0 Å². The number of benzene rings is 2. The van der Waals surface area contributed by atoms with E-state index in [0.717, 1.165) is 18.2 Å². The van der Waals surface area contributed by atoms with Crippen molar-refractivity contribution in [2.24, 2.45) is 0 Å². The molecule has 0 N–H and O–H groups in total. The van der Waals surface area contributed by atoms with E-state index in [4.69, 9.17) is 21.6 Å². The molecule has 0 aromatic heterocycles. The standard InChI is InChI=1S/C13H5BrClF2NO/c14-9-4-10(15)11(17)5-13(9)19-12-2-1-8(16)3-7(12)6-18/h1-5H. The molecular weight excluding hydrogens is 340 g/mol. The molecule has 0 saturated carbocycles. The maximum absolute atomic E-state index is 13.4. The van der Waals surface area contributed by atoms with Crippen molar-refractivity contribution in [3.63, 3.8) is 0 Å². The average molecular weight is 345 g/mol. The summed E-state index contributed by atoms with van der Waals surface area (Å²) in [6, 6.07) is 7.70. The van der Waals surface area contributed by atoms with E-state index in [2.05, 4.69) is 15.9 Å². The summed E-state index contributed by atoms with van der Waals surface area (Å²) in [5, 5.41) is 8.83. The fourth-order valence-corrected chi connectivity index (χ4v) is 2.10. The molecule has 0 aliphatic carbocycles. The van der Waals surface area contributed by atoms with Crippen molar-refractivity contribution < 1.29 is 13.5 Å². The van der Waals surface area contributed by atoms with Gasteiger partial charge in [-0.25, -0.2) is 8.78 Å². The van der Waals surface area contributed by atoms with Crippen molar-refractivity contribution in [3.05, 3.63) is 57.0 Å². The second-order valence-electron chi connectivity index (χ2n) is 3.55. The number of hydrogen-bond acceptors (Lipinski definition) is 2. The highest BCUT2D eigenvalue weighted by atomic mass is 79.9. The van der Waals surface area contributed by atoms with E-state index >= 15 is 0 Å². The Morgan fingerprint density at radius 2 is 1.89 bits per heavy atom. The Morgan fingerprint density at radius 3 is 2.58 bits per heavy atom. The van der Waals surface area contributed by atoms with E-state index in [1.54, 1.807) is 6.07 Å². The Morgan fingerprint density at radius 1 is 1.16 bits per heavy atom. The van der Waals surface area contributed by atoms with Gasteiger partial charge in [0.05, 0.1) is 15.1 Å². The number of nitriles is 1. The van der Waals surface area contributed by atoms with Gasteiger partial charge in [0, 0.05) is 6.07 Å². The third-order valence-electron chi connectivity index (χ3n) is 2.26. The van der Waals surface area contributed by atoms with E-state index in [0.29, 0.717) is 4.47 Å². The highest BCUT2D eigenvalue weighted by molar-refractivity contribution is 9.10. The summed E-state index contributed by atoms with van der Waals surface area (Å²) in [6.45, 7) is 0. The van der Waals surface area contributed by atoms with Crippen molar-refractivity contribution in [2.75, 3.05) is 0 Å². The van der Waals surface area contributed by atoms with E-state index in [1.165, 1.54) is 12.1 Å². The molecule has 2 aromatic rings. The Balaban J connectivity index is 2.42. The third kappa shape index (κ3) is 3.03. The van der Waals surface area contributed by atoms with Crippen molar-refractivity contribution in [2.45, 2.75) is 0 Å². The van der Waals surface area contributed by atoms with Crippen LogP contribution >= 0.6 is 27.5 Å². The molecule has 2 rings (SSSR count). The number of nitrogens with zero attached hydrogens (tertiary/aromatic N) is 1. The number of rotatable bonds is 2. The van der Waals surface area contributed by atoms with Crippen LogP contribution < -0.4 is 4.74 Å².